The van der Waals surface area contributed by atoms with E-state index in [9.17, 15) is 32.9 Å². The van der Waals surface area contributed by atoms with Crippen molar-refractivity contribution in [2.45, 2.75) is 24.9 Å². The number of nitrogens with one attached hydrogen (secondary N) is 2. The third kappa shape index (κ3) is 5.59. The van der Waals surface area contributed by atoms with Crippen molar-refractivity contribution in [2.75, 3.05) is 17.7 Å². The molecular weight excluding hydrogens is 565 g/mol. The summed E-state index contributed by atoms with van der Waals surface area (Å²) in [7, 11) is 1.34. The fourth-order valence-corrected chi connectivity index (χ4v) is 5.07. The Morgan fingerprint density at radius 2 is 1.63 bits per heavy atom. The molecule has 2 amide bonds. The maximum Gasteiger partial charge on any atom is 0.416 e. The molecule has 0 radical (unpaired) electrons. The van der Waals surface area contributed by atoms with Crippen LogP contribution in [0.25, 0.3) is 11.1 Å². The van der Waals surface area contributed by atoms with Crippen LogP contribution < -0.4 is 21.1 Å². The van der Waals surface area contributed by atoms with E-state index in [2.05, 4.69) is 10.6 Å². The summed E-state index contributed by atoms with van der Waals surface area (Å²) in [6.45, 7) is 1.54. The van der Waals surface area contributed by atoms with Crippen LogP contribution in [0.2, 0.25) is 0 Å². The molecule has 0 saturated carbocycles. The number of carbonyl (C=O) groups is 2. The first kappa shape index (κ1) is 29.1. The van der Waals surface area contributed by atoms with Gasteiger partial charge in [-0.2, -0.15) is 13.2 Å². The summed E-state index contributed by atoms with van der Waals surface area (Å²) in [4.78, 5) is 36.7. The lowest BCUT2D eigenvalue weighted by molar-refractivity contribution is -0.385. The summed E-state index contributed by atoms with van der Waals surface area (Å²) in [5, 5.41) is 17.3. The van der Waals surface area contributed by atoms with Crippen LogP contribution in [0.1, 0.15) is 34.0 Å². The number of nitrogens with zero attached hydrogens (tertiary/aromatic N) is 1. The Morgan fingerprint density at radius 3 is 2.30 bits per heavy atom. The Kier molecular flexibility index (Phi) is 7.30. The Balaban J connectivity index is 1.49. The molecule has 1 unspecified atom stereocenters. The number of anilines is 3. The fraction of sp³-hybridized carbons (Fsp3) is 0.161. The van der Waals surface area contributed by atoms with Gasteiger partial charge in [0, 0.05) is 6.07 Å². The molecule has 5 rings (SSSR count). The molecule has 12 heteroatoms. The monoisotopic (exact) mass is 590 g/mol. The Morgan fingerprint density at radius 1 is 0.907 bits per heavy atom. The molecule has 43 heavy (non-hydrogen) atoms. The van der Waals surface area contributed by atoms with E-state index in [0.29, 0.717) is 39.3 Å². The molecule has 4 aromatic rings. The van der Waals surface area contributed by atoms with Crippen molar-refractivity contribution in [3.8, 4) is 16.9 Å². The number of halogens is 3. The predicted octanol–water partition coefficient (Wildman–Crippen LogP) is 6.58. The largest absolute Gasteiger partial charge is 0.490 e. The third-order valence-electron chi connectivity index (χ3n) is 7.50. The van der Waals surface area contributed by atoms with Gasteiger partial charge in [0.15, 0.2) is 5.75 Å². The quantitative estimate of drug-likeness (QED) is 0.164. The van der Waals surface area contributed by atoms with Crippen LogP contribution in [0.15, 0.2) is 78.9 Å². The number of rotatable bonds is 7. The van der Waals surface area contributed by atoms with Gasteiger partial charge in [-0.15, -0.1) is 0 Å². The molecule has 4 N–H and O–H groups in total. The molecule has 1 atom stereocenters. The van der Waals surface area contributed by atoms with Crippen molar-refractivity contribution in [2.24, 2.45) is 5.73 Å². The minimum absolute atomic E-state index is 0.0867. The van der Waals surface area contributed by atoms with Gasteiger partial charge in [-0.25, -0.2) is 0 Å². The van der Waals surface area contributed by atoms with E-state index in [1.807, 2.05) is 0 Å². The van der Waals surface area contributed by atoms with Crippen molar-refractivity contribution in [1.29, 1.82) is 0 Å². The first-order valence-corrected chi connectivity index (χ1v) is 13.0. The molecule has 0 bridgehead atoms. The molecule has 220 valence electrons. The van der Waals surface area contributed by atoms with Gasteiger partial charge in [0.2, 0.25) is 5.91 Å². The Labute approximate surface area is 243 Å². The number of carbonyl (C=O) groups excluding carboxylic acids is 2. The van der Waals surface area contributed by atoms with E-state index in [-0.39, 0.29) is 23.4 Å². The second-order valence-electron chi connectivity index (χ2n) is 10.3. The topological polar surface area (TPSA) is 137 Å². The van der Waals surface area contributed by atoms with E-state index >= 15 is 0 Å². The van der Waals surface area contributed by atoms with Crippen LogP contribution in [0, 0.1) is 10.1 Å². The standard InChI is InChI=1S/C31H25F3N4O5/c1-30(29(35)40,16-17-4-3-5-21(12-17)31(32,33)34)20-8-10-23-25(15-20)37-28(39)22-9-6-18(13-24(22)36-23)19-7-11-26(38(41)42)27(14-19)43-2/h3-15,36H,16H2,1-2H3,(H2,35,40)(H,37,39). The summed E-state index contributed by atoms with van der Waals surface area (Å²) >= 11 is 0. The van der Waals surface area contributed by atoms with Crippen molar-refractivity contribution < 1.29 is 32.4 Å². The van der Waals surface area contributed by atoms with Crippen molar-refractivity contribution >= 4 is 34.6 Å². The molecule has 9 nitrogen and oxygen atoms in total. The summed E-state index contributed by atoms with van der Waals surface area (Å²) in [5.74, 6) is -1.10. The number of primary amides is 1. The van der Waals surface area contributed by atoms with Crippen LogP contribution >= 0.6 is 0 Å². The zero-order chi connectivity index (χ0) is 31.1. The lowest BCUT2D eigenvalue weighted by Crippen LogP contribution is -2.40. The number of ether oxygens (including phenoxy) is 1. The smallest absolute Gasteiger partial charge is 0.416 e. The number of methoxy groups -OCH3 is 1. The molecule has 1 aliphatic heterocycles. The summed E-state index contributed by atoms with van der Waals surface area (Å²) in [6, 6.07) is 19.0. The first-order chi connectivity index (χ1) is 20.3. The van der Waals surface area contributed by atoms with Gasteiger partial charge in [0.1, 0.15) is 0 Å². The highest BCUT2D eigenvalue weighted by Gasteiger charge is 2.36. The summed E-state index contributed by atoms with van der Waals surface area (Å²) in [6.07, 6.45) is -4.65. The fourth-order valence-electron chi connectivity index (χ4n) is 5.07. The average Bonchev–Trinajstić information content (AvgIpc) is 3.10. The number of alkyl halides is 3. The van der Waals surface area contributed by atoms with Crippen molar-refractivity contribution in [3.05, 3.63) is 111 Å². The molecule has 0 saturated heterocycles. The number of nitro groups is 1. The van der Waals surface area contributed by atoms with E-state index in [0.717, 1.165) is 12.1 Å². The molecular formula is C31H25F3N4O5. The van der Waals surface area contributed by atoms with Crippen molar-refractivity contribution in [3.63, 3.8) is 0 Å². The molecule has 0 aromatic heterocycles. The molecule has 0 spiro atoms. The SMILES string of the molecule is COc1cc(-c2ccc3c(c2)Nc2ccc(C(C)(Cc4cccc(C(F)(F)F)c4)C(N)=O)cc2NC3=O)ccc1[N+](=O)[O-]. The minimum atomic E-state index is -4.54. The maximum atomic E-state index is 13.3. The lowest BCUT2D eigenvalue weighted by Gasteiger charge is -2.28. The zero-order valence-electron chi connectivity index (χ0n) is 22.9. The van der Waals surface area contributed by atoms with E-state index in [1.54, 1.807) is 49.4 Å². The summed E-state index contributed by atoms with van der Waals surface area (Å²) in [5.41, 5.74) is 6.96. The number of benzene rings is 4. The second-order valence-corrected chi connectivity index (χ2v) is 10.3. The van der Waals surface area contributed by atoms with Crippen LogP contribution in [0.3, 0.4) is 0 Å². The van der Waals surface area contributed by atoms with Crippen LogP contribution in [0.4, 0.5) is 35.9 Å². The number of fused-ring (bicyclic) bond motifs is 2. The van der Waals surface area contributed by atoms with E-state index in [1.165, 1.54) is 31.4 Å². The maximum absolute atomic E-state index is 13.3. The lowest BCUT2D eigenvalue weighted by atomic mass is 9.76. The second kappa shape index (κ2) is 10.8. The van der Waals surface area contributed by atoms with Gasteiger partial charge in [0.05, 0.1) is 45.6 Å². The average molecular weight is 591 g/mol. The highest BCUT2D eigenvalue weighted by molar-refractivity contribution is 6.12. The van der Waals surface area contributed by atoms with Crippen LogP contribution in [0.5, 0.6) is 5.75 Å². The number of nitro benzene ring substituents is 1. The number of amides is 2. The van der Waals surface area contributed by atoms with Crippen molar-refractivity contribution in [1.82, 2.24) is 0 Å². The third-order valence-corrected chi connectivity index (χ3v) is 7.50. The van der Waals surface area contributed by atoms with Gasteiger partial charge in [0.25, 0.3) is 5.91 Å². The molecule has 0 aliphatic carbocycles. The number of hydrogen-bond acceptors (Lipinski definition) is 6. The molecule has 4 aromatic carbocycles. The number of hydrogen-bond donors (Lipinski definition) is 3. The van der Waals surface area contributed by atoms with E-state index in [4.69, 9.17) is 10.5 Å². The normalized spacial score (nSPS) is 13.8. The van der Waals surface area contributed by atoms with Gasteiger partial charge >= 0.3 is 11.9 Å². The van der Waals surface area contributed by atoms with Gasteiger partial charge in [-0.3, -0.25) is 19.7 Å². The van der Waals surface area contributed by atoms with Gasteiger partial charge in [-0.05, 0) is 78.1 Å². The van der Waals surface area contributed by atoms with Crippen LogP contribution in [-0.4, -0.2) is 23.8 Å². The molecule has 1 heterocycles. The zero-order valence-corrected chi connectivity index (χ0v) is 22.9. The first-order valence-electron chi connectivity index (χ1n) is 13.0. The minimum Gasteiger partial charge on any atom is -0.490 e. The van der Waals surface area contributed by atoms with Gasteiger partial charge in [-0.1, -0.05) is 30.3 Å². The Hall–Kier alpha value is -5.39. The summed E-state index contributed by atoms with van der Waals surface area (Å²) < 4.78 is 45.0. The highest BCUT2D eigenvalue weighted by Crippen LogP contribution is 2.40. The van der Waals surface area contributed by atoms with E-state index < -0.39 is 33.9 Å². The van der Waals surface area contributed by atoms with Crippen LogP contribution in [-0.2, 0) is 22.8 Å². The van der Waals surface area contributed by atoms with Gasteiger partial charge < -0.3 is 21.1 Å². The Bertz CT molecular complexity index is 1790. The number of nitrogens with two attached hydrogens (primary N) is 1. The molecule has 0 fully saturated rings. The predicted molar refractivity (Wildman–Crippen MR) is 154 cm³/mol. The highest BCUT2D eigenvalue weighted by atomic mass is 19.4. The molecule has 1 aliphatic rings.